The molecule has 3 heteroatoms. The van der Waals surface area contributed by atoms with Crippen LogP contribution in [-0.2, 0) is 6.42 Å². The van der Waals surface area contributed by atoms with Crippen LogP contribution in [0.25, 0.3) is 0 Å². The topological polar surface area (TPSA) is 42.1 Å². The van der Waals surface area contributed by atoms with E-state index in [2.05, 4.69) is 34.1 Å². The van der Waals surface area contributed by atoms with Gasteiger partial charge in [0.15, 0.2) is 5.82 Å². The second-order valence-corrected chi connectivity index (χ2v) is 4.75. The van der Waals surface area contributed by atoms with Crippen molar-refractivity contribution in [2.75, 3.05) is 17.2 Å². The zero-order valence-corrected chi connectivity index (χ0v) is 10.6. The molecule has 1 aromatic heterocycles. The van der Waals surface area contributed by atoms with Gasteiger partial charge in [-0.15, -0.1) is 0 Å². The van der Waals surface area contributed by atoms with Gasteiger partial charge in [0.1, 0.15) is 0 Å². The van der Waals surface area contributed by atoms with Crippen molar-refractivity contribution in [3.05, 3.63) is 47.7 Å². The minimum Gasteiger partial charge on any atom is -0.396 e. The van der Waals surface area contributed by atoms with E-state index in [9.17, 15) is 0 Å². The third kappa shape index (κ3) is 1.82. The molecule has 0 atom stereocenters. The molecule has 3 rings (SSSR count). The highest BCUT2D eigenvalue weighted by molar-refractivity contribution is 5.73. The predicted molar refractivity (Wildman–Crippen MR) is 75.2 cm³/mol. The number of nitrogen functional groups attached to an aromatic ring is 1. The van der Waals surface area contributed by atoms with E-state index in [0.717, 1.165) is 36.6 Å². The Kier molecular flexibility index (Phi) is 2.67. The molecule has 0 saturated carbocycles. The maximum Gasteiger partial charge on any atom is 0.156 e. The van der Waals surface area contributed by atoms with Crippen LogP contribution in [0.15, 0.2) is 36.4 Å². The summed E-state index contributed by atoms with van der Waals surface area (Å²) < 4.78 is 0. The molecule has 1 aromatic carbocycles. The molecule has 0 bridgehead atoms. The highest BCUT2D eigenvalue weighted by Gasteiger charge is 2.20. The number of hydrogen-bond acceptors (Lipinski definition) is 3. The van der Waals surface area contributed by atoms with E-state index in [1.807, 2.05) is 19.1 Å². The fraction of sp³-hybridized carbons (Fsp3) is 0.267. The van der Waals surface area contributed by atoms with E-state index in [4.69, 9.17) is 5.73 Å². The quantitative estimate of drug-likeness (QED) is 0.831. The van der Waals surface area contributed by atoms with Crippen LogP contribution in [-0.4, -0.2) is 11.5 Å². The number of pyridine rings is 1. The molecule has 2 N–H and O–H groups in total. The van der Waals surface area contributed by atoms with Gasteiger partial charge >= 0.3 is 0 Å². The Bertz CT molecular complexity index is 578. The first-order chi connectivity index (χ1) is 8.75. The first-order valence-corrected chi connectivity index (χ1v) is 6.34. The lowest BCUT2D eigenvalue weighted by Crippen LogP contribution is -2.26. The van der Waals surface area contributed by atoms with E-state index >= 15 is 0 Å². The van der Waals surface area contributed by atoms with Crippen LogP contribution in [0.1, 0.15) is 17.7 Å². The smallest absolute Gasteiger partial charge is 0.156 e. The Hall–Kier alpha value is -2.03. The van der Waals surface area contributed by atoms with Gasteiger partial charge in [0.05, 0.1) is 5.69 Å². The fourth-order valence-corrected chi connectivity index (χ4v) is 2.52. The Morgan fingerprint density at radius 3 is 2.89 bits per heavy atom. The van der Waals surface area contributed by atoms with Crippen molar-refractivity contribution in [2.24, 2.45) is 0 Å². The normalized spacial score (nSPS) is 14.4. The van der Waals surface area contributed by atoms with Crippen molar-refractivity contribution < 1.29 is 0 Å². The summed E-state index contributed by atoms with van der Waals surface area (Å²) in [7, 11) is 0. The number of hydrogen-bond donors (Lipinski definition) is 1. The summed E-state index contributed by atoms with van der Waals surface area (Å²) in [4.78, 5) is 6.83. The number of rotatable bonds is 1. The number of nitrogens with two attached hydrogens (primary N) is 1. The maximum atomic E-state index is 6.07. The number of aromatic nitrogens is 1. The molecule has 0 saturated heterocycles. The van der Waals surface area contributed by atoms with Gasteiger partial charge in [0, 0.05) is 17.9 Å². The number of anilines is 3. The second-order valence-electron chi connectivity index (χ2n) is 4.75. The average molecular weight is 239 g/mol. The predicted octanol–water partition coefficient (Wildman–Crippen LogP) is 3.06. The van der Waals surface area contributed by atoms with Crippen LogP contribution in [0, 0.1) is 6.92 Å². The monoisotopic (exact) mass is 239 g/mol. The van der Waals surface area contributed by atoms with Gasteiger partial charge in [-0.25, -0.2) is 4.98 Å². The highest BCUT2D eigenvalue weighted by Crippen LogP contribution is 2.34. The third-order valence-electron chi connectivity index (χ3n) is 3.41. The molecule has 3 nitrogen and oxygen atoms in total. The molecule has 1 aliphatic rings. The molecule has 2 heterocycles. The molecular formula is C15H17N3. The Labute approximate surface area is 107 Å². The Morgan fingerprint density at radius 2 is 2.00 bits per heavy atom. The van der Waals surface area contributed by atoms with E-state index < -0.39 is 0 Å². The Morgan fingerprint density at radius 1 is 1.17 bits per heavy atom. The summed E-state index contributed by atoms with van der Waals surface area (Å²) in [5.74, 6) is 0.891. The van der Waals surface area contributed by atoms with Crippen LogP contribution in [0.3, 0.4) is 0 Å². The highest BCUT2D eigenvalue weighted by atomic mass is 15.2. The lowest BCUT2D eigenvalue weighted by Gasteiger charge is -2.31. The van der Waals surface area contributed by atoms with E-state index in [1.54, 1.807) is 0 Å². The molecule has 92 valence electrons. The zero-order valence-electron chi connectivity index (χ0n) is 10.6. The number of nitrogens with zero attached hydrogens (tertiary/aromatic N) is 2. The SMILES string of the molecule is Cc1ccc(N)c(N2CCCc3ccccc32)n1. The standard InChI is InChI=1S/C15H17N3/c1-11-8-9-13(16)15(17-11)18-10-4-6-12-5-2-3-7-14(12)18/h2-3,5,7-9H,4,6,10,16H2,1H3. The number of aryl methyl sites for hydroxylation is 2. The Balaban J connectivity index is 2.11. The summed E-state index contributed by atoms with van der Waals surface area (Å²) in [5.41, 5.74) is 10.4. The van der Waals surface area contributed by atoms with Crippen molar-refractivity contribution in [1.82, 2.24) is 4.98 Å². The van der Waals surface area contributed by atoms with Gasteiger partial charge in [-0.3, -0.25) is 0 Å². The van der Waals surface area contributed by atoms with Gasteiger partial charge < -0.3 is 10.6 Å². The van der Waals surface area contributed by atoms with E-state index in [1.165, 1.54) is 11.3 Å². The van der Waals surface area contributed by atoms with Gasteiger partial charge in [0.25, 0.3) is 0 Å². The van der Waals surface area contributed by atoms with Gasteiger partial charge in [0.2, 0.25) is 0 Å². The van der Waals surface area contributed by atoms with Crippen molar-refractivity contribution in [3.8, 4) is 0 Å². The van der Waals surface area contributed by atoms with Crippen LogP contribution >= 0.6 is 0 Å². The molecule has 0 spiro atoms. The van der Waals surface area contributed by atoms with E-state index in [0.29, 0.717) is 0 Å². The summed E-state index contributed by atoms with van der Waals surface area (Å²) >= 11 is 0. The van der Waals surface area contributed by atoms with Gasteiger partial charge in [-0.1, -0.05) is 18.2 Å². The first kappa shape index (κ1) is 11.1. The third-order valence-corrected chi connectivity index (χ3v) is 3.41. The maximum absolute atomic E-state index is 6.07. The van der Waals surface area contributed by atoms with Crippen molar-refractivity contribution in [3.63, 3.8) is 0 Å². The second kappa shape index (κ2) is 4.33. The molecule has 1 aliphatic heterocycles. The number of fused-ring (bicyclic) bond motifs is 1. The molecule has 0 unspecified atom stereocenters. The van der Waals surface area contributed by atoms with Crippen molar-refractivity contribution in [1.29, 1.82) is 0 Å². The lowest BCUT2D eigenvalue weighted by molar-refractivity contribution is 0.759. The summed E-state index contributed by atoms with van der Waals surface area (Å²) in [6, 6.07) is 12.4. The molecule has 0 amide bonds. The van der Waals surface area contributed by atoms with Crippen LogP contribution in [0.5, 0.6) is 0 Å². The molecular weight excluding hydrogens is 222 g/mol. The zero-order chi connectivity index (χ0) is 12.5. The minimum atomic E-state index is 0.748. The van der Waals surface area contributed by atoms with Crippen LogP contribution in [0.2, 0.25) is 0 Å². The van der Waals surface area contributed by atoms with Gasteiger partial charge in [-0.05, 0) is 43.5 Å². The lowest BCUT2D eigenvalue weighted by atomic mass is 10.0. The minimum absolute atomic E-state index is 0.748. The number of benzene rings is 1. The summed E-state index contributed by atoms with van der Waals surface area (Å²) in [6.07, 6.45) is 2.28. The van der Waals surface area contributed by atoms with Crippen LogP contribution in [0.4, 0.5) is 17.2 Å². The molecule has 0 aliphatic carbocycles. The fourth-order valence-electron chi connectivity index (χ4n) is 2.52. The molecule has 0 fully saturated rings. The van der Waals surface area contributed by atoms with Crippen LogP contribution < -0.4 is 10.6 Å². The number of para-hydroxylation sites is 1. The van der Waals surface area contributed by atoms with Crippen molar-refractivity contribution >= 4 is 17.2 Å². The molecule has 2 aromatic rings. The summed E-state index contributed by atoms with van der Waals surface area (Å²) in [5, 5.41) is 0. The first-order valence-electron chi connectivity index (χ1n) is 6.34. The summed E-state index contributed by atoms with van der Waals surface area (Å²) in [6.45, 7) is 2.98. The van der Waals surface area contributed by atoms with Gasteiger partial charge in [-0.2, -0.15) is 0 Å². The molecule has 18 heavy (non-hydrogen) atoms. The van der Waals surface area contributed by atoms with Crippen molar-refractivity contribution in [2.45, 2.75) is 19.8 Å². The largest absolute Gasteiger partial charge is 0.396 e. The van der Waals surface area contributed by atoms with E-state index in [-0.39, 0.29) is 0 Å². The molecule has 0 radical (unpaired) electrons. The average Bonchev–Trinajstić information content (AvgIpc) is 2.41.